The van der Waals surface area contributed by atoms with Crippen LogP contribution in [0.25, 0.3) is 0 Å². The van der Waals surface area contributed by atoms with E-state index in [9.17, 15) is 0 Å². The lowest BCUT2D eigenvalue weighted by Gasteiger charge is -2.39. The monoisotopic (exact) mass is 329 g/mol. The topological polar surface area (TPSA) is 15.6 Å². The summed E-state index contributed by atoms with van der Waals surface area (Å²) >= 11 is 12.6. The van der Waals surface area contributed by atoms with Crippen molar-refractivity contribution in [3.8, 4) is 0 Å². The van der Waals surface area contributed by atoms with Crippen LogP contribution in [0, 0.1) is 0 Å². The molecule has 0 bridgehead atoms. The SMILES string of the molecule is CC(C)(C)N=C(c1ccccc1)N([Si](Cl)Cl)C(C)(C)C. The summed E-state index contributed by atoms with van der Waals surface area (Å²) in [6.07, 6.45) is 0. The van der Waals surface area contributed by atoms with Crippen molar-refractivity contribution in [3.05, 3.63) is 35.9 Å². The molecule has 1 rings (SSSR count). The minimum Gasteiger partial charge on any atom is -0.353 e. The molecule has 0 amide bonds. The average Bonchev–Trinajstić information content (AvgIpc) is 2.25. The number of amidine groups is 1. The summed E-state index contributed by atoms with van der Waals surface area (Å²) < 4.78 is 2.04. The molecule has 20 heavy (non-hydrogen) atoms. The van der Waals surface area contributed by atoms with E-state index in [2.05, 4.69) is 41.5 Å². The molecule has 0 unspecified atom stereocenters. The van der Waals surface area contributed by atoms with Crippen LogP contribution >= 0.6 is 22.2 Å². The Balaban J connectivity index is 3.42. The zero-order chi connectivity index (χ0) is 15.6. The van der Waals surface area contributed by atoms with E-state index < -0.39 is 7.58 Å². The first kappa shape index (κ1) is 17.5. The van der Waals surface area contributed by atoms with Gasteiger partial charge in [-0.3, -0.25) is 4.99 Å². The largest absolute Gasteiger partial charge is 0.396 e. The van der Waals surface area contributed by atoms with Crippen molar-refractivity contribution in [2.75, 3.05) is 0 Å². The van der Waals surface area contributed by atoms with Crippen LogP contribution in [-0.2, 0) is 0 Å². The van der Waals surface area contributed by atoms with Crippen LogP contribution in [0.3, 0.4) is 0 Å². The van der Waals surface area contributed by atoms with E-state index in [-0.39, 0.29) is 11.1 Å². The fraction of sp³-hybridized carbons (Fsp3) is 0.533. The van der Waals surface area contributed by atoms with Crippen molar-refractivity contribution >= 4 is 35.6 Å². The predicted octanol–water partition coefficient (Wildman–Crippen LogP) is 4.79. The summed E-state index contributed by atoms with van der Waals surface area (Å²) in [5.74, 6) is 0.865. The number of hydrogen-bond donors (Lipinski definition) is 0. The standard InChI is InChI=1S/C15H23Cl2N2Si/c1-14(2,3)18-13(12-10-8-7-9-11-12)19(20(16)17)15(4,5)6/h7-11H,1-6H3. The highest BCUT2D eigenvalue weighted by molar-refractivity contribution is 7.33. The molecule has 0 aliphatic rings. The maximum absolute atomic E-state index is 6.31. The molecular weight excluding hydrogens is 307 g/mol. The quantitative estimate of drug-likeness (QED) is 0.329. The van der Waals surface area contributed by atoms with Gasteiger partial charge in [0.05, 0.1) is 5.54 Å². The molecule has 0 heterocycles. The van der Waals surface area contributed by atoms with E-state index in [1.807, 2.05) is 34.9 Å². The Morgan fingerprint density at radius 2 is 1.50 bits per heavy atom. The van der Waals surface area contributed by atoms with Crippen molar-refractivity contribution in [2.45, 2.75) is 52.6 Å². The number of aliphatic imine (C=N–C) groups is 1. The fourth-order valence-electron chi connectivity index (χ4n) is 1.80. The second kappa shape index (κ2) is 6.50. The summed E-state index contributed by atoms with van der Waals surface area (Å²) in [6.45, 7) is 12.5. The van der Waals surface area contributed by atoms with E-state index in [1.165, 1.54) is 0 Å². The second-order valence-corrected chi connectivity index (χ2v) is 10.4. The van der Waals surface area contributed by atoms with Crippen LogP contribution in [-0.4, -0.2) is 29.1 Å². The van der Waals surface area contributed by atoms with Crippen LogP contribution in [0.4, 0.5) is 0 Å². The summed E-state index contributed by atoms with van der Waals surface area (Å²) in [6, 6.07) is 10.1. The van der Waals surface area contributed by atoms with E-state index in [4.69, 9.17) is 27.2 Å². The van der Waals surface area contributed by atoms with Gasteiger partial charge in [-0.05, 0) is 41.5 Å². The van der Waals surface area contributed by atoms with E-state index in [0.29, 0.717) is 0 Å². The van der Waals surface area contributed by atoms with Crippen molar-refractivity contribution < 1.29 is 0 Å². The van der Waals surface area contributed by atoms with Crippen LogP contribution in [0.2, 0.25) is 0 Å². The molecule has 0 saturated carbocycles. The molecule has 0 aliphatic carbocycles. The van der Waals surface area contributed by atoms with Crippen molar-refractivity contribution in [1.82, 2.24) is 4.57 Å². The van der Waals surface area contributed by atoms with Gasteiger partial charge in [0.25, 0.3) is 0 Å². The number of rotatable bonds is 2. The first-order valence-electron chi connectivity index (χ1n) is 6.66. The van der Waals surface area contributed by atoms with Gasteiger partial charge in [-0.2, -0.15) is 0 Å². The van der Waals surface area contributed by atoms with Gasteiger partial charge in [0, 0.05) is 11.1 Å². The summed E-state index contributed by atoms with van der Waals surface area (Å²) in [5.41, 5.74) is 0.665. The van der Waals surface area contributed by atoms with Crippen LogP contribution < -0.4 is 0 Å². The van der Waals surface area contributed by atoms with Gasteiger partial charge >= 0.3 is 7.58 Å². The summed E-state index contributed by atoms with van der Waals surface area (Å²) in [4.78, 5) is 4.87. The molecule has 0 N–H and O–H groups in total. The van der Waals surface area contributed by atoms with Gasteiger partial charge in [0.1, 0.15) is 5.84 Å². The minimum absolute atomic E-state index is 0.183. The maximum atomic E-state index is 6.31. The van der Waals surface area contributed by atoms with Crippen molar-refractivity contribution in [2.24, 2.45) is 4.99 Å². The second-order valence-electron chi connectivity index (χ2n) is 6.72. The molecule has 5 heteroatoms. The highest BCUT2D eigenvalue weighted by Gasteiger charge is 2.33. The Kier molecular flexibility index (Phi) is 5.70. The third-order valence-electron chi connectivity index (χ3n) is 2.52. The predicted molar refractivity (Wildman–Crippen MR) is 91.8 cm³/mol. The smallest absolute Gasteiger partial charge is 0.353 e. The van der Waals surface area contributed by atoms with Crippen LogP contribution in [0.5, 0.6) is 0 Å². The Morgan fingerprint density at radius 1 is 1.00 bits per heavy atom. The van der Waals surface area contributed by atoms with Crippen molar-refractivity contribution in [1.29, 1.82) is 0 Å². The van der Waals surface area contributed by atoms with Gasteiger partial charge in [-0.15, -0.1) is 22.2 Å². The molecule has 0 fully saturated rings. The lowest BCUT2D eigenvalue weighted by molar-refractivity contribution is 0.357. The Hall–Kier alpha value is -0.513. The van der Waals surface area contributed by atoms with Gasteiger partial charge in [0.15, 0.2) is 0 Å². The molecule has 0 spiro atoms. The van der Waals surface area contributed by atoms with Gasteiger partial charge in [-0.25, -0.2) is 0 Å². The Bertz CT molecular complexity index is 459. The lowest BCUT2D eigenvalue weighted by Crippen LogP contribution is -2.51. The molecule has 111 valence electrons. The van der Waals surface area contributed by atoms with E-state index in [0.717, 1.165) is 11.4 Å². The first-order valence-corrected chi connectivity index (χ1v) is 10.1. The molecule has 0 atom stereocenters. The molecule has 0 aromatic heterocycles. The molecule has 1 aromatic rings. The molecule has 0 saturated heterocycles. The third kappa shape index (κ3) is 5.11. The maximum Gasteiger partial charge on any atom is 0.396 e. The fourth-order valence-corrected chi connectivity index (χ4v) is 4.65. The van der Waals surface area contributed by atoms with Gasteiger partial charge in [0.2, 0.25) is 0 Å². The minimum atomic E-state index is -1.70. The van der Waals surface area contributed by atoms with Crippen LogP contribution in [0.1, 0.15) is 47.1 Å². The zero-order valence-electron chi connectivity index (χ0n) is 13.0. The zero-order valence-corrected chi connectivity index (χ0v) is 15.5. The first-order chi connectivity index (χ1) is 9.02. The average molecular weight is 330 g/mol. The highest BCUT2D eigenvalue weighted by Crippen LogP contribution is 2.25. The Labute approximate surface area is 133 Å². The normalized spacial score (nSPS) is 13.8. The lowest BCUT2D eigenvalue weighted by atomic mass is 10.1. The summed E-state index contributed by atoms with van der Waals surface area (Å²) in [5, 5.41) is 0. The summed E-state index contributed by atoms with van der Waals surface area (Å²) in [7, 11) is -1.70. The molecule has 1 radical (unpaired) electrons. The molecule has 1 aromatic carbocycles. The number of halogens is 2. The number of hydrogen-bond acceptors (Lipinski definition) is 1. The van der Waals surface area contributed by atoms with E-state index >= 15 is 0 Å². The van der Waals surface area contributed by atoms with Crippen molar-refractivity contribution in [3.63, 3.8) is 0 Å². The number of nitrogens with zero attached hydrogens (tertiary/aromatic N) is 2. The van der Waals surface area contributed by atoms with Gasteiger partial charge < -0.3 is 4.57 Å². The van der Waals surface area contributed by atoms with Crippen LogP contribution in [0.15, 0.2) is 35.3 Å². The Morgan fingerprint density at radius 3 is 1.85 bits per heavy atom. The van der Waals surface area contributed by atoms with E-state index in [1.54, 1.807) is 0 Å². The third-order valence-corrected chi connectivity index (χ3v) is 4.76. The van der Waals surface area contributed by atoms with Gasteiger partial charge in [-0.1, -0.05) is 30.3 Å². The molecular formula is C15H23Cl2N2Si. The molecule has 0 aliphatic heterocycles. The highest BCUT2D eigenvalue weighted by atomic mass is 35.7. The molecule has 2 nitrogen and oxygen atoms in total. The number of benzene rings is 1.